The van der Waals surface area contributed by atoms with Crippen LogP contribution in [-0.2, 0) is 24.3 Å². The standard InChI is InChI=1S/C29H34Cl2N4O3/c1-19-14-21(6-7-27(19)31)29-26-18-34(20(2)36)13-10-28(26)35(32-29)17-23(37)16-33-11-8-24(9-12-33)38-25-5-3-4-22(30)15-25/h3-7,14-15,23-24,37H,8-13,16-18H2,1-2H3. The number of aliphatic hydroxyl groups is 1. The summed E-state index contributed by atoms with van der Waals surface area (Å²) < 4.78 is 8.06. The van der Waals surface area contributed by atoms with Crippen LogP contribution >= 0.6 is 23.2 Å². The van der Waals surface area contributed by atoms with E-state index < -0.39 is 6.10 Å². The zero-order chi connectivity index (χ0) is 26.8. The van der Waals surface area contributed by atoms with Crippen molar-refractivity contribution in [2.45, 2.75) is 58.4 Å². The molecule has 0 radical (unpaired) electrons. The van der Waals surface area contributed by atoms with E-state index in [2.05, 4.69) is 4.90 Å². The minimum absolute atomic E-state index is 0.0596. The quantitative estimate of drug-likeness (QED) is 0.444. The Morgan fingerprint density at radius 2 is 1.92 bits per heavy atom. The smallest absolute Gasteiger partial charge is 0.219 e. The highest BCUT2D eigenvalue weighted by atomic mass is 35.5. The summed E-state index contributed by atoms with van der Waals surface area (Å²) in [5.74, 6) is 0.860. The molecule has 2 aliphatic rings. The molecule has 1 fully saturated rings. The zero-order valence-corrected chi connectivity index (χ0v) is 23.4. The molecule has 1 amide bonds. The van der Waals surface area contributed by atoms with Crippen LogP contribution in [-0.4, -0.2) is 69.0 Å². The third kappa shape index (κ3) is 6.18. The van der Waals surface area contributed by atoms with Crippen molar-refractivity contribution in [2.24, 2.45) is 0 Å². The van der Waals surface area contributed by atoms with Crippen molar-refractivity contribution in [3.8, 4) is 17.0 Å². The fourth-order valence-corrected chi connectivity index (χ4v) is 5.73. The number of aryl methyl sites for hydroxylation is 1. The van der Waals surface area contributed by atoms with Crippen LogP contribution in [0, 0.1) is 6.92 Å². The molecule has 0 bridgehead atoms. The van der Waals surface area contributed by atoms with E-state index >= 15 is 0 Å². The number of carbonyl (C=O) groups excluding carboxylic acids is 1. The summed E-state index contributed by atoms with van der Waals surface area (Å²) in [5.41, 5.74) is 4.96. The highest BCUT2D eigenvalue weighted by molar-refractivity contribution is 6.31. The summed E-state index contributed by atoms with van der Waals surface area (Å²) >= 11 is 12.3. The number of aromatic nitrogens is 2. The summed E-state index contributed by atoms with van der Waals surface area (Å²) in [7, 11) is 0. The van der Waals surface area contributed by atoms with Crippen LogP contribution in [0.2, 0.25) is 10.0 Å². The van der Waals surface area contributed by atoms with Crippen LogP contribution in [0.3, 0.4) is 0 Å². The van der Waals surface area contributed by atoms with E-state index in [1.165, 1.54) is 0 Å². The molecule has 1 unspecified atom stereocenters. The van der Waals surface area contributed by atoms with Gasteiger partial charge in [0, 0.05) is 72.9 Å². The fraction of sp³-hybridized carbons (Fsp3) is 0.448. The van der Waals surface area contributed by atoms with Gasteiger partial charge in [-0.1, -0.05) is 35.3 Å². The number of nitrogens with zero attached hydrogens (tertiary/aromatic N) is 4. The van der Waals surface area contributed by atoms with Crippen molar-refractivity contribution in [1.82, 2.24) is 19.6 Å². The second-order valence-corrected chi connectivity index (χ2v) is 11.2. The normalized spacial score (nSPS) is 17.3. The highest BCUT2D eigenvalue weighted by Crippen LogP contribution is 2.32. The molecule has 9 heteroatoms. The fourth-order valence-electron chi connectivity index (χ4n) is 5.43. The molecule has 1 N–H and O–H groups in total. The molecule has 1 atom stereocenters. The number of β-amino-alcohol motifs (C(OH)–C–C–N with tert-alkyl or cyclic N) is 1. The molecule has 0 saturated carbocycles. The van der Waals surface area contributed by atoms with Crippen molar-refractivity contribution in [3.05, 3.63) is 69.3 Å². The first-order valence-corrected chi connectivity index (χ1v) is 14.0. The van der Waals surface area contributed by atoms with Gasteiger partial charge in [0.15, 0.2) is 0 Å². The predicted molar refractivity (Wildman–Crippen MR) is 150 cm³/mol. The average Bonchev–Trinajstić information content (AvgIpc) is 3.24. The Bertz CT molecular complexity index is 1300. The molecule has 1 aromatic heterocycles. The minimum Gasteiger partial charge on any atom is -0.490 e. The third-order valence-electron chi connectivity index (χ3n) is 7.50. The van der Waals surface area contributed by atoms with Gasteiger partial charge in [-0.05, 0) is 55.7 Å². The van der Waals surface area contributed by atoms with Crippen molar-refractivity contribution in [3.63, 3.8) is 0 Å². The van der Waals surface area contributed by atoms with E-state index in [4.69, 9.17) is 33.0 Å². The van der Waals surface area contributed by atoms with Crippen LogP contribution in [0.15, 0.2) is 42.5 Å². The van der Waals surface area contributed by atoms with Crippen LogP contribution in [0.25, 0.3) is 11.3 Å². The van der Waals surface area contributed by atoms with Gasteiger partial charge >= 0.3 is 0 Å². The highest BCUT2D eigenvalue weighted by Gasteiger charge is 2.28. The molecule has 0 spiro atoms. The topological polar surface area (TPSA) is 70.8 Å². The number of ether oxygens (including phenoxy) is 1. The van der Waals surface area contributed by atoms with Crippen LogP contribution < -0.4 is 4.74 Å². The predicted octanol–water partition coefficient (Wildman–Crippen LogP) is 4.97. The lowest BCUT2D eigenvalue weighted by Gasteiger charge is -2.33. The first-order valence-electron chi connectivity index (χ1n) is 13.2. The maximum Gasteiger partial charge on any atom is 0.219 e. The number of fused-ring (bicyclic) bond motifs is 1. The summed E-state index contributed by atoms with van der Waals surface area (Å²) in [5, 5.41) is 17.4. The van der Waals surface area contributed by atoms with E-state index in [-0.39, 0.29) is 12.0 Å². The maximum atomic E-state index is 12.1. The molecule has 202 valence electrons. The largest absolute Gasteiger partial charge is 0.490 e. The summed E-state index contributed by atoms with van der Waals surface area (Å²) in [4.78, 5) is 16.3. The molecule has 38 heavy (non-hydrogen) atoms. The SMILES string of the molecule is CC(=O)N1CCc2c(c(-c3ccc(Cl)c(C)c3)nn2CC(O)CN2CCC(Oc3cccc(Cl)c3)CC2)C1. The van der Waals surface area contributed by atoms with Crippen LogP contribution in [0.5, 0.6) is 5.75 Å². The van der Waals surface area contributed by atoms with Gasteiger partial charge in [-0.3, -0.25) is 9.48 Å². The first kappa shape index (κ1) is 27.0. The van der Waals surface area contributed by atoms with E-state index in [1.807, 2.05) is 59.0 Å². The number of amides is 1. The van der Waals surface area contributed by atoms with Gasteiger partial charge in [-0.25, -0.2) is 0 Å². The molecule has 2 aliphatic heterocycles. The molecule has 2 aromatic carbocycles. The molecule has 0 aliphatic carbocycles. The van der Waals surface area contributed by atoms with Gasteiger partial charge in [0.05, 0.1) is 18.3 Å². The lowest BCUT2D eigenvalue weighted by Crippen LogP contribution is -2.43. The van der Waals surface area contributed by atoms with Crippen molar-refractivity contribution in [2.75, 3.05) is 26.2 Å². The molecule has 3 aromatic rings. The number of aliphatic hydroxyl groups excluding tert-OH is 1. The Morgan fingerprint density at radius 1 is 1.13 bits per heavy atom. The number of carbonyl (C=O) groups is 1. The number of rotatable bonds is 7. The first-order chi connectivity index (χ1) is 18.3. The molecule has 3 heterocycles. The monoisotopic (exact) mass is 556 g/mol. The zero-order valence-electron chi connectivity index (χ0n) is 21.9. The van der Waals surface area contributed by atoms with Crippen LogP contribution in [0.4, 0.5) is 0 Å². The Hall–Kier alpha value is -2.58. The van der Waals surface area contributed by atoms with E-state index in [9.17, 15) is 9.90 Å². The molecular weight excluding hydrogens is 523 g/mol. The number of benzene rings is 2. The van der Waals surface area contributed by atoms with Gasteiger partial charge in [0.1, 0.15) is 11.9 Å². The number of hydrogen-bond acceptors (Lipinski definition) is 5. The van der Waals surface area contributed by atoms with E-state index in [0.717, 1.165) is 59.8 Å². The third-order valence-corrected chi connectivity index (χ3v) is 8.16. The molecular formula is C29H34Cl2N4O3. The van der Waals surface area contributed by atoms with Crippen molar-refractivity contribution in [1.29, 1.82) is 0 Å². The Balaban J connectivity index is 1.25. The Labute approximate surface area is 233 Å². The molecule has 5 rings (SSSR count). The number of hydrogen-bond donors (Lipinski definition) is 1. The van der Waals surface area contributed by atoms with Crippen molar-refractivity contribution < 1.29 is 14.6 Å². The summed E-state index contributed by atoms with van der Waals surface area (Å²) in [6.45, 7) is 7.48. The summed E-state index contributed by atoms with van der Waals surface area (Å²) in [6.07, 6.45) is 2.10. The van der Waals surface area contributed by atoms with Gasteiger partial charge in [0.2, 0.25) is 5.91 Å². The Morgan fingerprint density at radius 3 is 2.63 bits per heavy atom. The summed E-state index contributed by atoms with van der Waals surface area (Å²) in [6, 6.07) is 13.4. The lowest BCUT2D eigenvalue weighted by atomic mass is 9.99. The van der Waals surface area contributed by atoms with E-state index in [1.54, 1.807) is 6.92 Å². The van der Waals surface area contributed by atoms with Gasteiger partial charge in [0.25, 0.3) is 0 Å². The van der Waals surface area contributed by atoms with Gasteiger partial charge in [-0.15, -0.1) is 0 Å². The average molecular weight is 558 g/mol. The second-order valence-electron chi connectivity index (χ2n) is 10.3. The Kier molecular flexibility index (Phi) is 8.29. The van der Waals surface area contributed by atoms with Crippen LogP contribution in [0.1, 0.15) is 36.6 Å². The van der Waals surface area contributed by atoms with Gasteiger partial charge in [-0.2, -0.15) is 5.10 Å². The second kappa shape index (κ2) is 11.7. The maximum absolute atomic E-state index is 12.1. The lowest BCUT2D eigenvalue weighted by molar-refractivity contribution is -0.129. The number of likely N-dealkylation sites (tertiary alicyclic amines) is 1. The minimum atomic E-state index is -0.560. The number of piperidine rings is 1. The molecule has 1 saturated heterocycles. The van der Waals surface area contributed by atoms with E-state index in [0.29, 0.717) is 42.6 Å². The molecule has 7 nitrogen and oxygen atoms in total. The van der Waals surface area contributed by atoms with Crippen molar-refractivity contribution >= 4 is 29.1 Å². The number of halogens is 2. The van der Waals surface area contributed by atoms with Gasteiger partial charge < -0.3 is 19.6 Å².